The van der Waals surface area contributed by atoms with Gasteiger partial charge in [-0.2, -0.15) is 13.2 Å². The standard InChI is InChI=1S/C24H12Cl2F3N3O6/c25-17-7-4-14(11-18(17)26)31-22(34)16(21(33)30-23(31)35)9-12-1-5-15(6-2-12)38-20-8-3-13(24(27,28)29)10-19(20)32(36)37/h1-11H,(H,30,33,35)/b16-9+. The Labute approximate surface area is 221 Å². The summed E-state index contributed by atoms with van der Waals surface area (Å²) in [6.45, 7) is 0. The largest absolute Gasteiger partial charge is 0.450 e. The number of carbonyl (C=O) groups excluding carboxylic acids is 3. The predicted octanol–water partition coefficient (Wildman–Crippen LogP) is 6.38. The van der Waals surface area contributed by atoms with Crippen molar-refractivity contribution in [1.29, 1.82) is 0 Å². The van der Waals surface area contributed by atoms with E-state index in [0.29, 0.717) is 22.6 Å². The van der Waals surface area contributed by atoms with Crippen LogP contribution in [0, 0.1) is 10.1 Å². The molecule has 0 aliphatic carbocycles. The van der Waals surface area contributed by atoms with Gasteiger partial charge in [0.25, 0.3) is 11.8 Å². The zero-order chi connectivity index (χ0) is 27.8. The number of halogens is 5. The van der Waals surface area contributed by atoms with Gasteiger partial charge in [-0.3, -0.25) is 25.0 Å². The third-order valence-corrected chi connectivity index (χ3v) is 5.90. The topological polar surface area (TPSA) is 119 Å². The van der Waals surface area contributed by atoms with Crippen LogP contribution in [0.15, 0.2) is 66.2 Å². The Kier molecular flexibility index (Phi) is 7.11. The number of rotatable bonds is 5. The lowest BCUT2D eigenvalue weighted by Crippen LogP contribution is -2.54. The molecule has 3 aromatic carbocycles. The first kappa shape index (κ1) is 26.6. The van der Waals surface area contributed by atoms with E-state index >= 15 is 0 Å². The van der Waals surface area contributed by atoms with Crippen LogP contribution < -0.4 is 15.0 Å². The van der Waals surface area contributed by atoms with Gasteiger partial charge in [0.2, 0.25) is 5.75 Å². The molecule has 3 aromatic rings. The molecule has 0 spiro atoms. The summed E-state index contributed by atoms with van der Waals surface area (Å²) in [6, 6.07) is 10.3. The van der Waals surface area contributed by atoms with Crippen LogP contribution in [0.3, 0.4) is 0 Å². The molecule has 1 N–H and O–H groups in total. The van der Waals surface area contributed by atoms with Crippen LogP contribution in [-0.2, 0) is 15.8 Å². The van der Waals surface area contributed by atoms with Gasteiger partial charge in [-0.25, -0.2) is 9.69 Å². The summed E-state index contributed by atoms with van der Waals surface area (Å²) in [5.41, 5.74) is -2.10. The maximum atomic E-state index is 13.0. The molecule has 9 nitrogen and oxygen atoms in total. The number of nitro groups is 1. The van der Waals surface area contributed by atoms with Crippen LogP contribution in [-0.4, -0.2) is 22.8 Å². The summed E-state index contributed by atoms with van der Waals surface area (Å²) in [6.07, 6.45) is -3.58. The third-order valence-electron chi connectivity index (χ3n) is 5.16. The molecule has 4 rings (SSSR count). The highest BCUT2D eigenvalue weighted by atomic mass is 35.5. The quantitative estimate of drug-likeness (QED) is 0.166. The van der Waals surface area contributed by atoms with Gasteiger partial charge in [-0.05, 0) is 54.1 Å². The van der Waals surface area contributed by atoms with Gasteiger partial charge in [0.05, 0.1) is 26.2 Å². The number of barbiturate groups is 1. The number of imide groups is 2. The van der Waals surface area contributed by atoms with E-state index in [-0.39, 0.29) is 27.1 Å². The summed E-state index contributed by atoms with van der Waals surface area (Å²) in [5.74, 6) is -2.27. The molecule has 38 heavy (non-hydrogen) atoms. The second-order valence-electron chi connectivity index (χ2n) is 7.66. The van der Waals surface area contributed by atoms with Crippen molar-refractivity contribution >= 4 is 58.5 Å². The number of hydrogen-bond acceptors (Lipinski definition) is 6. The Bertz CT molecular complexity index is 1520. The number of urea groups is 1. The minimum Gasteiger partial charge on any atom is -0.450 e. The number of nitrogens with zero attached hydrogens (tertiary/aromatic N) is 2. The molecule has 4 amide bonds. The van der Waals surface area contributed by atoms with E-state index in [1.807, 2.05) is 0 Å². The highest BCUT2D eigenvalue weighted by Gasteiger charge is 2.37. The van der Waals surface area contributed by atoms with Gasteiger partial charge in [-0.15, -0.1) is 0 Å². The Morgan fingerprint density at radius 2 is 1.63 bits per heavy atom. The monoisotopic (exact) mass is 565 g/mol. The maximum absolute atomic E-state index is 13.0. The van der Waals surface area contributed by atoms with Crippen LogP contribution >= 0.6 is 23.2 Å². The van der Waals surface area contributed by atoms with Gasteiger partial charge in [0.15, 0.2) is 0 Å². The third kappa shape index (κ3) is 5.45. The Morgan fingerprint density at radius 3 is 2.24 bits per heavy atom. The van der Waals surface area contributed by atoms with Gasteiger partial charge in [0.1, 0.15) is 11.3 Å². The van der Waals surface area contributed by atoms with Crippen molar-refractivity contribution < 1.29 is 37.2 Å². The highest BCUT2D eigenvalue weighted by Crippen LogP contribution is 2.38. The molecule has 0 atom stereocenters. The Hall–Kier alpha value is -4.42. The number of alkyl halides is 3. The second kappa shape index (κ2) is 10.1. The van der Waals surface area contributed by atoms with Gasteiger partial charge >= 0.3 is 17.9 Å². The first-order chi connectivity index (χ1) is 17.8. The summed E-state index contributed by atoms with van der Waals surface area (Å²) in [5, 5.41) is 13.6. The number of anilines is 1. The van der Waals surface area contributed by atoms with Crippen LogP contribution in [0.2, 0.25) is 10.0 Å². The molecular weight excluding hydrogens is 554 g/mol. The number of hydrogen-bond donors (Lipinski definition) is 1. The molecule has 1 aliphatic heterocycles. The number of nitrogens with one attached hydrogen (secondary N) is 1. The molecule has 1 saturated heterocycles. The number of ether oxygens (including phenoxy) is 1. The maximum Gasteiger partial charge on any atom is 0.416 e. The molecule has 1 fully saturated rings. The fourth-order valence-corrected chi connectivity index (χ4v) is 3.66. The zero-order valence-corrected chi connectivity index (χ0v) is 20.1. The first-order valence-electron chi connectivity index (χ1n) is 10.3. The second-order valence-corrected chi connectivity index (χ2v) is 8.48. The van der Waals surface area contributed by atoms with Crippen molar-refractivity contribution in [1.82, 2.24) is 5.32 Å². The van der Waals surface area contributed by atoms with Crippen molar-refractivity contribution in [3.8, 4) is 11.5 Å². The summed E-state index contributed by atoms with van der Waals surface area (Å²) < 4.78 is 44.1. The van der Waals surface area contributed by atoms with Crippen molar-refractivity contribution in [3.63, 3.8) is 0 Å². The Balaban J connectivity index is 1.59. The number of benzene rings is 3. The number of carbonyl (C=O) groups is 3. The molecular formula is C24H12Cl2F3N3O6. The van der Waals surface area contributed by atoms with Crippen molar-refractivity contribution in [2.45, 2.75) is 6.18 Å². The predicted molar refractivity (Wildman–Crippen MR) is 130 cm³/mol. The summed E-state index contributed by atoms with van der Waals surface area (Å²) in [7, 11) is 0. The molecule has 1 heterocycles. The van der Waals surface area contributed by atoms with Crippen molar-refractivity contribution in [3.05, 3.63) is 97.5 Å². The van der Waals surface area contributed by atoms with Crippen LogP contribution in [0.1, 0.15) is 11.1 Å². The van der Waals surface area contributed by atoms with E-state index in [4.69, 9.17) is 27.9 Å². The average molecular weight is 566 g/mol. The Morgan fingerprint density at radius 1 is 0.947 bits per heavy atom. The van der Waals surface area contributed by atoms with Crippen LogP contribution in [0.4, 0.5) is 29.3 Å². The molecule has 0 bridgehead atoms. The van der Waals surface area contributed by atoms with Gasteiger partial charge < -0.3 is 4.74 Å². The molecule has 0 saturated carbocycles. The van der Waals surface area contributed by atoms with E-state index in [0.717, 1.165) is 6.07 Å². The minimum absolute atomic E-state index is 0.0297. The van der Waals surface area contributed by atoms with Crippen LogP contribution in [0.5, 0.6) is 11.5 Å². The molecule has 0 unspecified atom stereocenters. The van der Waals surface area contributed by atoms with E-state index in [1.165, 1.54) is 48.5 Å². The SMILES string of the molecule is O=C1NC(=O)N(c2ccc(Cl)c(Cl)c2)C(=O)/C1=C/c1ccc(Oc2ccc(C(F)(F)F)cc2[N+](=O)[O-])cc1. The minimum atomic E-state index is -4.78. The highest BCUT2D eigenvalue weighted by molar-refractivity contribution is 6.43. The fourth-order valence-electron chi connectivity index (χ4n) is 3.36. The van der Waals surface area contributed by atoms with Crippen LogP contribution in [0.25, 0.3) is 6.08 Å². The van der Waals surface area contributed by atoms with Gasteiger partial charge in [0, 0.05) is 6.07 Å². The molecule has 1 aliphatic rings. The van der Waals surface area contributed by atoms with E-state index in [9.17, 15) is 37.7 Å². The fraction of sp³-hybridized carbons (Fsp3) is 0.0417. The van der Waals surface area contributed by atoms with Crippen molar-refractivity contribution in [2.24, 2.45) is 0 Å². The summed E-state index contributed by atoms with van der Waals surface area (Å²) >= 11 is 11.8. The smallest absolute Gasteiger partial charge is 0.416 e. The van der Waals surface area contributed by atoms with E-state index < -0.39 is 45.9 Å². The van der Waals surface area contributed by atoms with Gasteiger partial charge in [-0.1, -0.05) is 35.3 Å². The first-order valence-corrected chi connectivity index (χ1v) is 11.1. The van der Waals surface area contributed by atoms with E-state index in [2.05, 4.69) is 5.32 Å². The normalized spacial score (nSPS) is 15.0. The lowest BCUT2D eigenvalue weighted by atomic mass is 10.1. The lowest BCUT2D eigenvalue weighted by molar-refractivity contribution is -0.385. The molecule has 0 aromatic heterocycles. The molecule has 0 radical (unpaired) electrons. The lowest BCUT2D eigenvalue weighted by Gasteiger charge is -2.26. The zero-order valence-electron chi connectivity index (χ0n) is 18.6. The molecule has 194 valence electrons. The van der Waals surface area contributed by atoms with Crippen molar-refractivity contribution in [2.75, 3.05) is 4.90 Å². The summed E-state index contributed by atoms with van der Waals surface area (Å²) in [4.78, 5) is 48.6. The number of nitro benzene ring substituents is 1. The average Bonchev–Trinajstić information content (AvgIpc) is 2.84. The number of amides is 4. The molecule has 14 heteroatoms. The van der Waals surface area contributed by atoms with E-state index in [1.54, 1.807) is 0 Å².